The molecule has 14 heavy (non-hydrogen) atoms. The third-order valence-electron chi connectivity index (χ3n) is 1.87. The normalized spacial score (nSPS) is 10.4. The number of hydrogen-bond acceptors (Lipinski definition) is 3. The van der Waals surface area contributed by atoms with E-state index in [1.165, 1.54) is 0 Å². The Morgan fingerprint density at radius 1 is 1.21 bits per heavy atom. The molecule has 0 aliphatic heterocycles. The molecule has 0 aliphatic carbocycles. The van der Waals surface area contributed by atoms with Crippen molar-refractivity contribution in [3.05, 3.63) is 45.5 Å². The van der Waals surface area contributed by atoms with E-state index in [4.69, 9.17) is 11.6 Å². The lowest BCUT2D eigenvalue weighted by molar-refractivity contribution is 1.08. The highest BCUT2D eigenvalue weighted by atomic mass is 35.5. The Hall–Kier alpha value is -1.48. The maximum Gasteiger partial charge on any atom is 0.290 e. The molecule has 0 bridgehead atoms. The van der Waals surface area contributed by atoms with Crippen molar-refractivity contribution in [3.8, 4) is 0 Å². The fraction of sp³-hybridized carbons (Fsp3) is 0.100. The quantitative estimate of drug-likeness (QED) is 0.662. The molecule has 4 heteroatoms. The Balaban J connectivity index is 3.07. The largest absolute Gasteiger partial charge is 0.290 e. The third-order valence-corrected chi connectivity index (χ3v) is 2.24. The Kier molecular flexibility index (Phi) is 2.17. The molecule has 0 atom stereocenters. The second-order valence-electron chi connectivity index (χ2n) is 2.91. The van der Waals surface area contributed by atoms with Crippen molar-refractivity contribution in [2.45, 2.75) is 6.92 Å². The first kappa shape index (κ1) is 9.09. The summed E-state index contributed by atoms with van der Waals surface area (Å²) in [4.78, 5) is 19.2. The van der Waals surface area contributed by atoms with Crippen molar-refractivity contribution in [2.24, 2.45) is 0 Å². The van der Waals surface area contributed by atoms with E-state index >= 15 is 0 Å². The number of halogens is 1. The standard InChI is InChI=1S/C10H7ClN2O/c1-6-12-8-5-3-2-4-7(8)9(11)10(14)13-6/h2-5H,1H3. The molecule has 1 aromatic carbocycles. The lowest BCUT2D eigenvalue weighted by Crippen LogP contribution is -2.03. The summed E-state index contributed by atoms with van der Waals surface area (Å²) in [6.07, 6.45) is 0. The van der Waals surface area contributed by atoms with Crippen molar-refractivity contribution < 1.29 is 0 Å². The molecule has 2 rings (SSSR count). The summed E-state index contributed by atoms with van der Waals surface area (Å²) in [5.41, 5.74) is 0.252. The smallest absolute Gasteiger partial charge is 0.266 e. The van der Waals surface area contributed by atoms with E-state index in [-0.39, 0.29) is 5.02 Å². The fourth-order valence-corrected chi connectivity index (χ4v) is 1.47. The minimum atomic E-state index is -0.433. The van der Waals surface area contributed by atoms with Crippen LogP contribution in [0.25, 0.3) is 10.9 Å². The number of para-hydroxylation sites is 1. The molecule has 1 aromatic heterocycles. The van der Waals surface area contributed by atoms with Crippen LogP contribution in [0.1, 0.15) is 5.82 Å². The highest BCUT2D eigenvalue weighted by Crippen LogP contribution is 2.16. The van der Waals surface area contributed by atoms with Crippen molar-refractivity contribution in [1.82, 2.24) is 9.97 Å². The minimum Gasteiger partial charge on any atom is -0.266 e. The van der Waals surface area contributed by atoms with Gasteiger partial charge in [-0.1, -0.05) is 29.8 Å². The summed E-state index contributed by atoms with van der Waals surface area (Å²) in [5.74, 6) is 0.429. The van der Waals surface area contributed by atoms with Gasteiger partial charge < -0.3 is 0 Å². The molecule has 0 amide bonds. The summed E-state index contributed by atoms with van der Waals surface area (Å²) >= 11 is 5.87. The number of fused-ring (bicyclic) bond motifs is 1. The van der Waals surface area contributed by atoms with Gasteiger partial charge in [-0.15, -0.1) is 0 Å². The molecule has 0 saturated heterocycles. The van der Waals surface area contributed by atoms with Gasteiger partial charge in [0.15, 0.2) is 0 Å². The maximum absolute atomic E-state index is 11.4. The first-order chi connectivity index (χ1) is 6.68. The molecule has 0 spiro atoms. The van der Waals surface area contributed by atoms with Gasteiger partial charge in [0.1, 0.15) is 10.8 Å². The molecular formula is C10H7ClN2O. The summed E-state index contributed by atoms with van der Waals surface area (Å²) < 4.78 is 0. The molecule has 0 saturated carbocycles. The van der Waals surface area contributed by atoms with Crippen LogP contribution in [0.3, 0.4) is 0 Å². The van der Waals surface area contributed by atoms with Gasteiger partial charge in [0, 0.05) is 5.39 Å². The van der Waals surface area contributed by atoms with E-state index in [0.717, 1.165) is 0 Å². The van der Waals surface area contributed by atoms with Gasteiger partial charge in [0.2, 0.25) is 0 Å². The van der Waals surface area contributed by atoms with E-state index in [1.54, 1.807) is 19.1 Å². The molecule has 0 radical (unpaired) electrons. The third kappa shape index (κ3) is 1.46. The second kappa shape index (κ2) is 3.35. The van der Waals surface area contributed by atoms with Gasteiger partial charge in [-0.2, -0.15) is 4.98 Å². The van der Waals surface area contributed by atoms with E-state index in [0.29, 0.717) is 16.7 Å². The Bertz CT molecular complexity index is 554. The molecule has 0 unspecified atom stereocenters. The van der Waals surface area contributed by atoms with Crippen molar-refractivity contribution in [2.75, 3.05) is 0 Å². The van der Waals surface area contributed by atoms with Crippen LogP contribution in [0, 0.1) is 6.92 Å². The van der Waals surface area contributed by atoms with Crippen LogP contribution in [0.2, 0.25) is 5.02 Å². The van der Waals surface area contributed by atoms with Crippen molar-refractivity contribution in [3.63, 3.8) is 0 Å². The summed E-state index contributed by atoms with van der Waals surface area (Å²) in [6.45, 7) is 1.67. The number of hydrogen-bond donors (Lipinski definition) is 0. The average Bonchev–Trinajstić information content (AvgIpc) is 2.26. The minimum absolute atomic E-state index is 0.126. The molecule has 0 aliphatic rings. The zero-order chi connectivity index (χ0) is 10.1. The van der Waals surface area contributed by atoms with Crippen LogP contribution in [0.15, 0.2) is 29.1 Å². The lowest BCUT2D eigenvalue weighted by atomic mass is 10.2. The molecular weight excluding hydrogens is 200 g/mol. The number of aryl methyl sites for hydroxylation is 1. The topological polar surface area (TPSA) is 42.9 Å². The van der Waals surface area contributed by atoms with Crippen LogP contribution in [0.4, 0.5) is 0 Å². The maximum atomic E-state index is 11.4. The number of benzene rings is 1. The average molecular weight is 207 g/mol. The summed E-state index contributed by atoms with van der Waals surface area (Å²) in [5, 5.41) is 0.765. The highest BCUT2D eigenvalue weighted by Gasteiger charge is 2.03. The Labute approximate surface area is 85.4 Å². The van der Waals surface area contributed by atoms with Crippen LogP contribution in [-0.4, -0.2) is 9.97 Å². The monoisotopic (exact) mass is 206 g/mol. The first-order valence-electron chi connectivity index (χ1n) is 4.11. The van der Waals surface area contributed by atoms with Gasteiger partial charge in [0.05, 0.1) is 5.52 Å². The summed E-state index contributed by atoms with van der Waals surface area (Å²) in [7, 11) is 0. The van der Waals surface area contributed by atoms with Crippen molar-refractivity contribution in [1.29, 1.82) is 0 Å². The molecule has 0 fully saturated rings. The van der Waals surface area contributed by atoms with Gasteiger partial charge in [-0.3, -0.25) is 4.79 Å². The van der Waals surface area contributed by atoms with Crippen molar-refractivity contribution >= 4 is 22.5 Å². The highest BCUT2D eigenvalue weighted by molar-refractivity contribution is 6.34. The number of nitrogens with zero attached hydrogens (tertiary/aromatic N) is 2. The molecule has 3 nitrogen and oxygen atoms in total. The van der Waals surface area contributed by atoms with Gasteiger partial charge in [0.25, 0.3) is 5.56 Å². The number of rotatable bonds is 0. The van der Waals surface area contributed by atoms with Crippen LogP contribution < -0.4 is 5.56 Å². The van der Waals surface area contributed by atoms with Crippen LogP contribution in [-0.2, 0) is 0 Å². The van der Waals surface area contributed by atoms with E-state index in [9.17, 15) is 4.79 Å². The fourth-order valence-electron chi connectivity index (χ4n) is 1.27. The van der Waals surface area contributed by atoms with Crippen LogP contribution >= 0.6 is 11.6 Å². The molecule has 70 valence electrons. The molecule has 2 aromatic rings. The molecule has 1 heterocycles. The van der Waals surface area contributed by atoms with E-state index in [2.05, 4.69) is 9.97 Å². The predicted octanol–water partition coefficient (Wildman–Crippen LogP) is 1.95. The lowest BCUT2D eigenvalue weighted by Gasteiger charge is -1.90. The zero-order valence-electron chi connectivity index (χ0n) is 7.49. The Morgan fingerprint density at radius 2 is 1.93 bits per heavy atom. The Morgan fingerprint density at radius 3 is 2.71 bits per heavy atom. The zero-order valence-corrected chi connectivity index (χ0v) is 8.25. The molecule has 0 N–H and O–H groups in total. The predicted molar refractivity (Wildman–Crippen MR) is 55.6 cm³/mol. The van der Waals surface area contributed by atoms with Gasteiger partial charge in [-0.25, -0.2) is 4.98 Å². The SMILES string of the molecule is Cc1nc(=O)c(Cl)c2ccccc2n1. The summed E-state index contributed by atoms with van der Waals surface area (Å²) in [6, 6.07) is 7.21. The van der Waals surface area contributed by atoms with Crippen LogP contribution in [0.5, 0.6) is 0 Å². The van der Waals surface area contributed by atoms with Gasteiger partial charge >= 0.3 is 0 Å². The first-order valence-corrected chi connectivity index (χ1v) is 4.49. The van der Waals surface area contributed by atoms with E-state index in [1.807, 2.05) is 12.1 Å². The number of aromatic nitrogens is 2. The van der Waals surface area contributed by atoms with Gasteiger partial charge in [-0.05, 0) is 13.0 Å². The second-order valence-corrected chi connectivity index (χ2v) is 3.29. The van der Waals surface area contributed by atoms with E-state index < -0.39 is 5.56 Å².